The standard InChI is InChI=1S/C21H27N5O2/c1-2-8-16(22-13-15-9-4-3-5-10-15)20-21-17(14-23-26-21)24-18(25-20)11-6-7-12-19(27)28/h3-5,9-10,14,16,22H,2,6-8,11-13H2,1H3,(H,23,26)(H,27,28). The first-order chi connectivity index (χ1) is 13.7. The van der Waals surface area contributed by atoms with Crippen LogP contribution in [0.4, 0.5) is 0 Å². The van der Waals surface area contributed by atoms with Crippen LogP contribution in [0.15, 0.2) is 36.5 Å². The molecule has 28 heavy (non-hydrogen) atoms. The molecule has 7 nitrogen and oxygen atoms in total. The molecule has 0 amide bonds. The molecule has 0 radical (unpaired) electrons. The lowest BCUT2D eigenvalue weighted by molar-refractivity contribution is -0.137. The maximum atomic E-state index is 10.7. The number of carboxylic acid groups (broad SMARTS) is 1. The minimum absolute atomic E-state index is 0.0916. The molecule has 3 aromatic rings. The van der Waals surface area contributed by atoms with Crippen LogP contribution < -0.4 is 5.32 Å². The molecular weight excluding hydrogens is 354 g/mol. The minimum atomic E-state index is -0.764. The van der Waals surface area contributed by atoms with Gasteiger partial charge in [-0.25, -0.2) is 9.97 Å². The van der Waals surface area contributed by atoms with Gasteiger partial charge in [0.05, 0.1) is 17.9 Å². The van der Waals surface area contributed by atoms with E-state index in [1.807, 2.05) is 18.2 Å². The van der Waals surface area contributed by atoms with E-state index in [1.54, 1.807) is 6.20 Å². The molecule has 7 heteroatoms. The summed E-state index contributed by atoms with van der Waals surface area (Å²) < 4.78 is 0. The fourth-order valence-corrected chi connectivity index (χ4v) is 3.30. The topological polar surface area (TPSA) is 104 Å². The second-order valence-electron chi connectivity index (χ2n) is 6.96. The normalized spacial score (nSPS) is 12.3. The molecule has 1 unspecified atom stereocenters. The van der Waals surface area contributed by atoms with E-state index in [-0.39, 0.29) is 12.5 Å². The molecule has 0 saturated carbocycles. The number of aliphatic carboxylic acids is 1. The zero-order valence-electron chi connectivity index (χ0n) is 16.2. The van der Waals surface area contributed by atoms with Crippen molar-refractivity contribution in [1.29, 1.82) is 0 Å². The lowest BCUT2D eigenvalue weighted by Crippen LogP contribution is -2.23. The molecule has 3 rings (SSSR count). The first-order valence-electron chi connectivity index (χ1n) is 9.86. The largest absolute Gasteiger partial charge is 0.481 e. The Morgan fingerprint density at radius 2 is 2.04 bits per heavy atom. The van der Waals surface area contributed by atoms with E-state index in [1.165, 1.54) is 5.56 Å². The van der Waals surface area contributed by atoms with Gasteiger partial charge in [-0.15, -0.1) is 0 Å². The summed E-state index contributed by atoms with van der Waals surface area (Å²) in [5.41, 5.74) is 3.84. The number of benzene rings is 1. The van der Waals surface area contributed by atoms with Crippen molar-refractivity contribution in [3.05, 3.63) is 53.6 Å². The van der Waals surface area contributed by atoms with Gasteiger partial charge in [0.1, 0.15) is 16.9 Å². The van der Waals surface area contributed by atoms with Crippen LogP contribution in [0.2, 0.25) is 0 Å². The van der Waals surface area contributed by atoms with Crippen LogP contribution in [0, 0.1) is 0 Å². The molecule has 2 heterocycles. The summed E-state index contributed by atoms with van der Waals surface area (Å²) in [6.07, 6.45) is 5.93. The lowest BCUT2D eigenvalue weighted by Gasteiger charge is -2.19. The summed E-state index contributed by atoms with van der Waals surface area (Å²) in [5, 5.41) is 19.6. The monoisotopic (exact) mass is 381 g/mol. The Labute approximate surface area is 164 Å². The second-order valence-corrected chi connectivity index (χ2v) is 6.96. The van der Waals surface area contributed by atoms with E-state index in [0.29, 0.717) is 12.8 Å². The van der Waals surface area contributed by atoms with E-state index in [4.69, 9.17) is 10.1 Å². The highest BCUT2D eigenvalue weighted by Gasteiger charge is 2.18. The zero-order valence-corrected chi connectivity index (χ0v) is 16.2. The number of nitrogens with one attached hydrogen (secondary N) is 2. The van der Waals surface area contributed by atoms with Crippen molar-refractivity contribution in [1.82, 2.24) is 25.5 Å². The van der Waals surface area contributed by atoms with Gasteiger partial charge < -0.3 is 10.4 Å². The molecule has 0 aliphatic heterocycles. The van der Waals surface area contributed by atoms with Gasteiger partial charge in [-0.3, -0.25) is 9.89 Å². The van der Waals surface area contributed by atoms with E-state index in [0.717, 1.165) is 48.4 Å². The number of rotatable bonds is 11. The number of hydrogen-bond acceptors (Lipinski definition) is 5. The third-order valence-electron chi connectivity index (χ3n) is 4.72. The SMILES string of the molecule is CCCC(NCc1ccccc1)c1nc(CCCCC(=O)O)nc2cn[nH]c12. The van der Waals surface area contributed by atoms with Gasteiger partial charge in [0.15, 0.2) is 0 Å². The highest BCUT2D eigenvalue weighted by atomic mass is 16.4. The van der Waals surface area contributed by atoms with Crippen molar-refractivity contribution < 1.29 is 9.90 Å². The first kappa shape index (κ1) is 19.9. The number of nitrogens with zero attached hydrogens (tertiary/aromatic N) is 3. The molecule has 0 aliphatic carbocycles. The average Bonchev–Trinajstić information content (AvgIpc) is 3.17. The van der Waals surface area contributed by atoms with Crippen molar-refractivity contribution in [2.24, 2.45) is 0 Å². The number of fused-ring (bicyclic) bond motifs is 1. The van der Waals surface area contributed by atoms with E-state index in [2.05, 4.69) is 39.6 Å². The highest BCUT2D eigenvalue weighted by Crippen LogP contribution is 2.24. The van der Waals surface area contributed by atoms with E-state index >= 15 is 0 Å². The Hall–Kier alpha value is -2.80. The summed E-state index contributed by atoms with van der Waals surface area (Å²) >= 11 is 0. The maximum Gasteiger partial charge on any atom is 0.303 e. The highest BCUT2D eigenvalue weighted by molar-refractivity contribution is 5.76. The van der Waals surface area contributed by atoms with Crippen LogP contribution in [-0.2, 0) is 17.8 Å². The Kier molecular flexibility index (Phi) is 7.08. The van der Waals surface area contributed by atoms with Crippen molar-refractivity contribution in [2.75, 3.05) is 0 Å². The Bertz CT molecular complexity index is 894. The maximum absolute atomic E-state index is 10.7. The molecule has 0 aliphatic rings. The van der Waals surface area contributed by atoms with Crippen molar-refractivity contribution in [3.8, 4) is 0 Å². The lowest BCUT2D eigenvalue weighted by atomic mass is 10.1. The number of carboxylic acids is 1. The predicted molar refractivity (Wildman–Crippen MR) is 108 cm³/mol. The number of hydrogen-bond donors (Lipinski definition) is 3. The third-order valence-corrected chi connectivity index (χ3v) is 4.72. The molecule has 3 N–H and O–H groups in total. The summed E-state index contributed by atoms with van der Waals surface area (Å²) in [4.78, 5) is 20.1. The summed E-state index contributed by atoms with van der Waals surface area (Å²) in [7, 11) is 0. The van der Waals surface area contributed by atoms with Crippen LogP contribution in [0.3, 0.4) is 0 Å². The van der Waals surface area contributed by atoms with E-state index < -0.39 is 5.97 Å². The molecule has 0 spiro atoms. The molecule has 0 saturated heterocycles. The molecule has 148 valence electrons. The van der Waals surface area contributed by atoms with Crippen molar-refractivity contribution in [2.45, 2.75) is 58.0 Å². The predicted octanol–water partition coefficient (Wildman–Crippen LogP) is 3.78. The fraction of sp³-hybridized carbons (Fsp3) is 0.429. The number of H-pyrrole nitrogens is 1. The average molecular weight is 381 g/mol. The van der Waals surface area contributed by atoms with Gasteiger partial charge in [0.2, 0.25) is 0 Å². The molecule has 2 aromatic heterocycles. The number of unbranched alkanes of at least 4 members (excludes halogenated alkanes) is 1. The Morgan fingerprint density at radius 1 is 1.21 bits per heavy atom. The summed E-state index contributed by atoms with van der Waals surface area (Å²) in [6.45, 7) is 2.93. The van der Waals surface area contributed by atoms with Crippen molar-refractivity contribution in [3.63, 3.8) is 0 Å². The van der Waals surface area contributed by atoms with Crippen molar-refractivity contribution >= 4 is 17.0 Å². The number of aryl methyl sites for hydroxylation is 1. The summed E-state index contributed by atoms with van der Waals surface area (Å²) in [5.74, 6) is -0.0167. The quantitative estimate of drug-likeness (QED) is 0.437. The fourth-order valence-electron chi connectivity index (χ4n) is 3.30. The van der Waals surface area contributed by atoms with Gasteiger partial charge in [-0.1, -0.05) is 43.7 Å². The first-order valence-corrected chi connectivity index (χ1v) is 9.86. The summed E-state index contributed by atoms with van der Waals surface area (Å²) in [6, 6.07) is 10.4. The van der Waals surface area contributed by atoms with Crippen LogP contribution in [-0.4, -0.2) is 31.2 Å². The van der Waals surface area contributed by atoms with Gasteiger partial charge >= 0.3 is 5.97 Å². The van der Waals surface area contributed by atoms with E-state index in [9.17, 15) is 4.79 Å². The second kappa shape index (κ2) is 9.94. The Balaban J connectivity index is 1.78. The van der Waals surface area contributed by atoms with Crippen LogP contribution >= 0.6 is 0 Å². The molecule has 0 fully saturated rings. The Morgan fingerprint density at radius 3 is 2.79 bits per heavy atom. The molecule has 0 bridgehead atoms. The minimum Gasteiger partial charge on any atom is -0.481 e. The number of carbonyl (C=O) groups is 1. The third kappa shape index (κ3) is 5.36. The zero-order chi connectivity index (χ0) is 19.8. The molecular formula is C21H27N5O2. The van der Waals surface area contributed by atoms with Crippen LogP contribution in [0.1, 0.15) is 62.2 Å². The van der Waals surface area contributed by atoms with Crippen LogP contribution in [0.25, 0.3) is 11.0 Å². The van der Waals surface area contributed by atoms with Gasteiger partial charge in [0.25, 0.3) is 0 Å². The van der Waals surface area contributed by atoms with Gasteiger partial charge in [-0.2, -0.15) is 5.10 Å². The molecule has 1 aromatic carbocycles. The van der Waals surface area contributed by atoms with Gasteiger partial charge in [-0.05, 0) is 24.8 Å². The smallest absolute Gasteiger partial charge is 0.303 e. The number of aromatic nitrogens is 4. The molecule has 1 atom stereocenters. The number of aromatic amines is 1. The van der Waals surface area contributed by atoms with Gasteiger partial charge in [0, 0.05) is 19.4 Å². The van der Waals surface area contributed by atoms with Crippen LogP contribution in [0.5, 0.6) is 0 Å².